The van der Waals surface area contributed by atoms with E-state index in [1.807, 2.05) is 25.1 Å². The van der Waals surface area contributed by atoms with Crippen LogP contribution in [-0.4, -0.2) is 68.3 Å². The van der Waals surface area contributed by atoms with E-state index in [1.165, 1.54) is 16.6 Å². The third-order valence-corrected chi connectivity index (χ3v) is 7.33. The van der Waals surface area contributed by atoms with Crippen LogP contribution in [0.4, 0.5) is 11.4 Å². The number of hydrogen-bond donors (Lipinski definition) is 2. The van der Waals surface area contributed by atoms with Crippen LogP contribution < -0.4 is 15.0 Å². The van der Waals surface area contributed by atoms with E-state index in [-0.39, 0.29) is 11.9 Å². The molecule has 0 spiro atoms. The van der Waals surface area contributed by atoms with E-state index in [0.29, 0.717) is 5.92 Å². The number of H-pyrrole nitrogens is 1. The van der Waals surface area contributed by atoms with Gasteiger partial charge in [-0.15, -0.1) is 0 Å². The predicted octanol–water partition coefficient (Wildman–Crippen LogP) is 4.22. The van der Waals surface area contributed by atoms with Gasteiger partial charge in [-0.3, -0.25) is 9.69 Å². The van der Waals surface area contributed by atoms with Gasteiger partial charge in [-0.1, -0.05) is 0 Å². The van der Waals surface area contributed by atoms with E-state index < -0.39 is 0 Å². The normalized spacial score (nSPS) is 18.7. The van der Waals surface area contributed by atoms with Gasteiger partial charge in [-0.05, 0) is 86.8 Å². The molecule has 2 aliphatic rings. The molecule has 2 saturated heterocycles. The lowest BCUT2D eigenvalue weighted by atomic mass is 9.88. The molecule has 3 heterocycles. The first-order chi connectivity index (χ1) is 16.6. The van der Waals surface area contributed by atoms with E-state index in [4.69, 9.17) is 9.47 Å². The molecule has 2 N–H and O–H groups in total. The van der Waals surface area contributed by atoms with Gasteiger partial charge in [0.25, 0.3) is 0 Å². The zero-order valence-corrected chi connectivity index (χ0v) is 20.0. The van der Waals surface area contributed by atoms with Crippen LogP contribution in [0.25, 0.3) is 10.9 Å². The number of likely N-dealkylation sites (tertiary alicyclic amines) is 1. The largest absolute Gasteiger partial charge is 0.497 e. The average Bonchev–Trinajstić information content (AvgIpc) is 3.32. The van der Waals surface area contributed by atoms with Gasteiger partial charge < -0.3 is 24.7 Å². The summed E-state index contributed by atoms with van der Waals surface area (Å²) in [6.45, 7) is 7.17. The highest BCUT2D eigenvalue weighted by atomic mass is 16.5. The number of ether oxygens (including phenoxy) is 2. The molecular formula is C27H34N4O3. The molecule has 2 fully saturated rings. The number of fused-ring (bicyclic) bond motifs is 1. The first kappa shape index (κ1) is 22.7. The summed E-state index contributed by atoms with van der Waals surface area (Å²) in [5.41, 5.74) is 4.51. The molecule has 1 unspecified atom stereocenters. The van der Waals surface area contributed by atoms with Crippen molar-refractivity contribution >= 4 is 28.2 Å². The fraction of sp³-hybridized carbons (Fsp3) is 0.444. The molecule has 7 heteroatoms. The maximum Gasteiger partial charge on any atom is 0.241 e. The van der Waals surface area contributed by atoms with Crippen molar-refractivity contribution < 1.29 is 14.3 Å². The van der Waals surface area contributed by atoms with Gasteiger partial charge in [0.1, 0.15) is 5.75 Å². The molecule has 0 saturated carbocycles. The van der Waals surface area contributed by atoms with Crippen molar-refractivity contribution in [3.63, 3.8) is 0 Å². The molecule has 1 atom stereocenters. The van der Waals surface area contributed by atoms with Gasteiger partial charge in [-0.2, -0.15) is 0 Å². The monoisotopic (exact) mass is 462 g/mol. The summed E-state index contributed by atoms with van der Waals surface area (Å²) in [6.07, 6.45) is 4.22. The van der Waals surface area contributed by atoms with Crippen LogP contribution in [0.3, 0.4) is 0 Å². The molecule has 7 nitrogen and oxygen atoms in total. The quantitative estimate of drug-likeness (QED) is 0.574. The van der Waals surface area contributed by atoms with E-state index in [0.717, 1.165) is 69.2 Å². The minimum Gasteiger partial charge on any atom is -0.497 e. The van der Waals surface area contributed by atoms with Crippen LogP contribution in [-0.2, 0) is 9.53 Å². The zero-order valence-electron chi connectivity index (χ0n) is 20.0. The van der Waals surface area contributed by atoms with Crippen LogP contribution in [0.5, 0.6) is 5.75 Å². The zero-order chi connectivity index (χ0) is 23.5. The highest BCUT2D eigenvalue weighted by molar-refractivity contribution is 5.94. The Kier molecular flexibility index (Phi) is 6.74. The Morgan fingerprint density at radius 2 is 1.82 bits per heavy atom. The Morgan fingerprint density at radius 1 is 1.09 bits per heavy atom. The molecular weight excluding hydrogens is 428 g/mol. The second kappa shape index (κ2) is 10.1. The molecule has 5 rings (SSSR count). The molecule has 1 aromatic heterocycles. The number of methoxy groups -OCH3 is 1. The molecule has 0 aliphatic carbocycles. The highest BCUT2D eigenvalue weighted by Gasteiger charge is 2.28. The molecule has 2 aromatic carbocycles. The smallest absolute Gasteiger partial charge is 0.241 e. The summed E-state index contributed by atoms with van der Waals surface area (Å²) in [5.74, 6) is 1.42. The maximum atomic E-state index is 13.0. The molecule has 0 radical (unpaired) electrons. The van der Waals surface area contributed by atoms with Crippen LogP contribution in [0.2, 0.25) is 0 Å². The molecule has 2 aliphatic heterocycles. The second-order valence-corrected chi connectivity index (χ2v) is 9.28. The van der Waals surface area contributed by atoms with Gasteiger partial charge in [0.05, 0.1) is 26.4 Å². The summed E-state index contributed by atoms with van der Waals surface area (Å²) in [5, 5.41) is 4.34. The summed E-state index contributed by atoms with van der Waals surface area (Å²) >= 11 is 0. The number of nitrogens with one attached hydrogen (secondary N) is 2. The number of rotatable bonds is 6. The Bertz CT molecular complexity index is 1110. The lowest BCUT2D eigenvalue weighted by Gasteiger charge is -2.35. The van der Waals surface area contributed by atoms with Crippen molar-refractivity contribution in [2.45, 2.75) is 31.7 Å². The van der Waals surface area contributed by atoms with Crippen LogP contribution in [0.15, 0.2) is 48.7 Å². The topological polar surface area (TPSA) is 69.8 Å². The summed E-state index contributed by atoms with van der Waals surface area (Å²) in [4.78, 5) is 21.0. The molecule has 34 heavy (non-hydrogen) atoms. The van der Waals surface area contributed by atoms with Crippen LogP contribution in [0, 0.1) is 0 Å². The van der Waals surface area contributed by atoms with Crippen molar-refractivity contribution in [2.24, 2.45) is 0 Å². The van der Waals surface area contributed by atoms with Gasteiger partial charge in [0, 0.05) is 41.6 Å². The molecule has 180 valence electrons. The van der Waals surface area contributed by atoms with Crippen molar-refractivity contribution in [1.29, 1.82) is 0 Å². The average molecular weight is 463 g/mol. The maximum absolute atomic E-state index is 13.0. The van der Waals surface area contributed by atoms with Crippen molar-refractivity contribution in [3.8, 4) is 5.75 Å². The van der Waals surface area contributed by atoms with Gasteiger partial charge in [0.15, 0.2) is 0 Å². The SMILES string of the molecule is COc1ccc2[nH]cc(C3CCN(C(C)C(=O)Nc4ccc(N5CCOCC5)cc4)CC3)c2c1. The third-order valence-electron chi connectivity index (χ3n) is 7.33. The van der Waals surface area contributed by atoms with Gasteiger partial charge in [-0.25, -0.2) is 0 Å². The van der Waals surface area contributed by atoms with Crippen molar-refractivity contribution in [2.75, 3.05) is 56.7 Å². The lowest BCUT2D eigenvalue weighted by molar-refractivity contribution is -0.121. The summed E-state index contributed by atoms with van der Waals surface area (Å²) < 4.78 is 10.8. The Hall–Kier alpha value is -3.03. The number of hydrogen-bond acceptors (Lipinski definition) is 5. The third kappa shape index (κ3) is 4.76. The van der Waals surface area contributed by atoms with E-state index in [2.05, 4.69) is 50.6 Å². The number of aromatic amines is 1. The number of benzene rings is 2. The fourth-order valence-electron chi connectivity index (χ4n) is 5.17. The van der Waals surface area contributed by atoms with E-state index in [1.54, 1.807) is 7.11 Å². The highest BCUT2D eigenvalue weighted by Crippen LogP contribution is 2.35. The number of carbonyl (C=O) groups excluding carboxylic acids is 1. The minimum absolute atomic E-state index is 0.0504. The van der Waals surface area contributed by atoms with Gasteiger partial charge >= 0.3 is 0 Å². The second-order valence-electron chi connectivity index (χ2n) is 9.28. The summed E-state index contributed by atoms with van der Waals surface area (Å²) in [6, 6.07) is 14.2. The molecule has 1 amide bonds. The first-order valence-corrected chi connectivity index (χ1v) is 12.2. The molecule has 0 bridgehead atoms. The number of nitrogens with zero attached hydrogens (tertiary/aromatic N) is 2. The number of anilines is 2. The summed E-state index contributed by atoms with van der Waals surface area (Å²) in [7, 11) is 1.71. The van der Waals surface area contributed by atoms with Crippen molar-refractivity contribution in [3.05, 3.63) is 54.2 Å². The number of morpholine rings is 1. The first-order valence-electron chi connectivity index (χ1n) is 12.2. The van der Waals surface area contributed by atoms with Gasteiger partial charge in [0.2, 0.25) is 5.91 Å². The predicted molar refractivity (Wildman–Crippen MR) is 136 cm³/mol. The number of amides is 1. The fourth-order valence-corrected chi connectivity index (χ4v) is 5.17. The number of carbonyl (C=O) groups is 1. The minimum atomic E-state index is -0.164. The van der Waals surface area contributed by atoms with Crippen LogP contribution in [0.1, 0.15) is 31.2 Å². The van der Waals surface area contributed by atoms with E-state index in [9.17, 15) is 4.79 Å². The lowest BCUT2D eigenvalue weighted by Crippen LogP contribution is -2.45. The standard InChI is InChI=1S/C27H34N4O3/c1-19(27(32)29-21-3-5-22(6-4-21)31-13-15-34-16-14-31)30-11-9-20(10-12-30)25-18-28-26-8-7-23(33-2)17-24(25)26/h3-8,17-20,28H,9-16H2,1-2H3,(H,29,32). The number of aromatic nitrogens is 1. The molecule has 3 aromatic rings. The Balaban J connectivity index is 1.16. The Labute approximate surface area is 201 Å². The Morgan fingerprint density at radius 3 is 2.53 bits per heavy atom. The van der Waals surface area contributed by atoms with Crippen molar-refractivity contribution in [1.82, 2.24) is 9.88 Å². The number of piperidine rings is 1. The van der Waals surface area contributed by atoms with E-state index >= 15 is 0 Å². The van der Waals surface area contributed by atoms with Crippen LogP contribution >= 0.6 is 0 Å².